The number of aliphatic hydroxyl groups excluding tert-OH is 1. The molecule has 1 aliphatic rings. The van der Waals surface area contributed by atoms with E-state index in [4.69, 9.17) is 9.84 Å². The first-order valence-electron chi connectivity index (χ1n) is 7.05. The van der Waals surface area contributed by atoms with Crippen molar-refractivity contribution in [2.45, 2.75) is 31.3 Å². The zero-order valence-electron chi connectivity index (χ0n) is 11.7. The van der Waals surface area contributed by atoms with Crippen molar-refractivity contribution in [1.82, 2.24) is 5.32 Å². The van der Waals surface area contributed by atoms with Gasteiger partial charge in [0.25, 0.3) is 5.91 Å². The molecule has 0 bridgehead atoms. The van der Waals surface area contributed by atoms with Crippen LogP contribution < -0.4 is 5.32 Å². The van der Waals surface area contributed by atoms with E-state index in [9.17, 15) is 13.6 Å². The average molecular weight is 299 g/mol. The number of carbonyl (C=O) groups is 1. The maximum Gasteiger partial charge on any atom is 0.257 e. The van der Waals surface area contributed by atoms with E-state index >= 15 is 0 Å². The number of halogens is 2. The van der Waals surface area contributed by atoms with Gasteiger partial charge >= 0.3 is 0 Å². The lowest BCUT2D eigenvalue weighted by Crippen LogP contribution is -2.44. The van der Waals surface area contributed by atoms with E-state index in [0.717, 1.165) is 37.8 Å². The van der Waals surface area contributed by atoms with Crippen molar-refractivity contribution in [3.8, 4) is 0 Å². The molecule has 1 amide bonds. The molecule has 4 nitrogen and oxygen atoms in total. The van der Waals surface area contributed by atoms with Crippen LogP contribution in [0.5, 0.6) is 0 Å². The summed E-state index contributed by atoms with van der Waals surface area (Å²) in [7, 11) is 0. The van der Waals surface area contributed by atoms with E-state index in [0.29, 0.717) is 0 Å². The number of carbonyl (C=O) groups excluding carboxylic acids is 1. The molecule has 1 aromatic carbocycles. The second kappa shape index (κ2) is 6.95. The molecule has 0 unspecified atom stereocenters. The molecule has 1 aliphatic carbocycles. The summed E-state index contributed by atoms with van der Waals surface area (Å²) in [6.45, 7) is 0.265. The lowest BCUT2D eigenvalue weighted by atomic mass is 10.0. The predicted molar refractivity (Wildman–Crippen MR) is 72.9 cm³/mol. The maximum atomic E-state index is 13.5. The summed E-state index contributed by atoms with van der Waals surface area (Å²) in [5.41, 5.74) is -1.12. The largest absolute Gasteiger partial charge is 0.394 e. The zero-order chi connectivity index (χ0) is 15.3. The van der Waals surface area contributed by atoms with Crippen LogP contribution in [-0.2, 0) is 4.74 Å². The maximum absolute atomic E-state index is 13.5. The lowest BCUT2D eigenvalue weighted by Gasteiger charge is -2.29. The third-order valence-electron chi connectivity index (χ3n) is 3.78. The Labute approximate surface area is 122 Å². The Morgan fingerprint density at radius 2 is 1.90 bits per heavy atom. The van der Waals surface area contributed by atoms with Crippen LogP contribution >= 0.6 is 0 Å². The van der Waals surface area contributed by atoms with Crippen molar-refractivity contribution in [3.05, 3.63) is 35.4 Å². The molecule has 0 aromatic heterocycles. The molecule has 1 fully saturated rings. The van der Waals surface area contributed by atoms with Gasteiger partial charge < -0.3 is 15.2 Å². The molecular formula is C15H19F2NO3. The van der Waals surface area contributed by atoms with Gasteiger partial charge in [0.1, 0.15) is 17.2 Å². The number of rotatable bonds is 6. The van der Waals surface area contributed by atoms with Crippen molar-refractivity contribution in [3.63, 3.8) is 0 Å². The standard InChI is InChI=1S/C15H19F2NO3/c16-11-4-3-5-12(17)13(11)14(20)18-10-15(21-9-8-19)6-1-2-7-15/h3-5,19H,1-2,6-10H2,(H,18,20). The third-order valence-corrected chi connectivity index (χ3v) is 3.78. The van der Waals surface area contributed by atoms with Crippen LogP contribution in [0.2, 0.25) is 0 Å². The second-order valence-corrected chi connectivity index (χ2v) is 5.24. The fourth-order valence-corrected chi connectivity index (χ4v) is 2.70. The number of nitrogens with one attached hydrogen (secondary N) is 1. The molecule has 6 heteroatoms. The van der Waals surface area contributed by atoms with Gasteiger partial charge in [0.15, 0.2) is 0 Å². The van der Waals surface area contributed by atoms with Gasteiger partial charge in [-0.3, -0.25) is 4.79 Å². The zero-order valence-corrected chi connectivity index (χ0v) is 11.7. The fraction of sp³-hybridized carbons (Fsp3) is 0.533. The topological polar surface area (TPSA) is 58.6 Å². The van der Waals surface area contributed by atoms with Crippen LogP contribution in [0.4, 0.5) is 8.78 Å². The first-order chi connectivity index (χ1) is 10.1. The summed E-state index contributed by atoms with van der Waals surface area (Å²) >= 11 is 0. The van der Waals surface area contributed by atoms with E-state index < -0.39 is 28.7 Å². The summed E-state index contributed by atoms with van der Waals surface area (Å²) < 4.78 is 32.7. The quantitative estimate of drug-likeness (QED) is 0.845. The van der Waals surface area contributed by atoms with Gasteiger partial charge in [-0.2, -0.15) is 0 Å². The molecule has 1 saturated carbocycles. The normalized spacial score (nSPS) is 16.9. The molecule has 1 aromatic rings. The number of benzene rings is 1. The van der Waals surface area contributed by atoms with Gasteiger partial charge in [-0.05, 0) is 25.0 Å². The molecule has 0 spiro atoms. The monoisotopic (exact) mass is 299 g/mol. The van der Waals surface area contributed by atoms with Gasteiger partial charge in [0, 0.05) is 6.54 Å². The Morgan fingerprint density at radius 3 is 2.48 bits per heavy atom. The van der Waals surface area contributed by atoms with Crippen molar-refractivity contribution in [2.75, 3.05) is 19.8 Å². The molecule has 0 radical (unpaired) electrons. The van der Waals surface area contributed by atoms with Gasteiger partial charge in [-0.1, -0.05) is 18.9 Å². The molecule has 21 heavy (non-hydrogen) atoms. The number of aliphatic hydroxyl groups is 1. The number of hydrogen-bond acceptors (Lipinski definition) is 3. The average Bonchev–Trinajstić information content (AvgIpc) is 2.92. The molecule has 116 valence electrons. The van der Waals surface area contributed by atoms with Gasteiger partial charge in [-0.15, -0.1) is 0 Å². The summed E-state index contributed by atoms with van der Waals surface area (Å²) in [6, 6.07) is 3.31. The van der Waals surface area contributed by atoms with Gasteiger partial charge in [-0.25, -0.2) is 8.78 Å². The Morgan fingerprint density at radius 1 is 1.29 bits per heavy atom. The number of amides is 1. The minimum atomic E-state index is -0.885. The van der Waals surface area contributed by atoms with Crippen LogP contribution in [0.15, 0.2) is 18.2 Å². The third kappa shape index (κ3) is 3.77. The number of ether oxygens (including phenoxy) is 1. The summed E-state index contributed by atoms with van der Waals surface area (Å²) in [5.74, 6) is -2.56. The van der Waals surface area contributed by atoms with Crippen LogP contribution in [0, 0.1) is 11.6 Å². The van der Waals surface area contributed by atoms with Crippen LogP contribution in [0.3, 0.4) is 0 Å². The highest BCUT2D eigenvalue weighted by molar-refractivity contribution is 5.94. The Bertz CT molecular complexity index is 481. The Kier molecular flexibility index (Phi) is 5.25. The molecule has 0 atom stereocenters. The van der Waals surface area contributed by atoms with Crippen molar-refractivity contribution >= 4 is 5.91 Å². The summed E-state index contributed by atoms with van der Waals surface area (Å²) in [4.78, 5) is 12.0. The highest BCUT2D eigenvalue weighted by atomic mass is 19.1. The van der Waals surface area contributed by atoms with Crippen molar-refractivity contribution in [2.24, 2.45) is 0 Å². The van der Waals surface area contributed by atoms with E-state index in [1.54, 1.807) is 0 Å². The van der Waals surface area contributed by atoms with Crippen molar-refractivity contribution in [1.29, 1.82) is 0 Å². The summed E-state index contributed by atoms with van der Waals surface area (Å²) in [5, 5.41) is 11.4. The molecular weight excluding hydrogens is 280 g/mol. The summed E-state index contributed by atoms with van der Waals surface area (Å²) in [6.07, 6.45) is 3.45. The molecule has 0 saturated heterocycles. The molecule has 0 heterocycles. The van der Waals surface area contributed by atoms with E-state index in [1.165, 1.54) is 6.07 Å². The van der Waals surface area contributed by atoms with E-state index in [1.807, 2.05) is 0 Å². The smallest absolute Gasteiger partial charge is 0.257 e. The Balaban J connectivity index is 2.02. The predicted octanol–water partition coefficient (Wildman–Crippen LogP) is 2.02. The SMILES string of the molecule is O=C(NCC1(OCCO)CCCC1)c1c(F)cccc1F. The van der Waals surface area contributed by atoms with Crippen LogP contribution in [-0.4, -0.2) is 36.4 Å². The minimum absolute atomic E-state index is 0.0996. The minimum Gasteiger partial charge on any atom is -0.394 e. The van der Waals surface area contributed by atoms with Crippen LogP contribution in [0.1, 0.15) is 36.0 Å². The molecule has 2 rings (SSSR count). The molecule has 2 N–H and O–H groups in total. The van der Waals surface area contributed by atoms with Crippen LogP contribution in [0.25, 0.3) is 0 Å². The van der Waals surface area contributed by atoms with E-state index in [2.05, 4.69) is 5.32 Å². The highest BCUT2D eigenvalue weighted by Gasteiger charge is 2.35. The first kappa shape index (κ1) is 15.9. The fourth-order valence-electron chi connectivity index (χ4n) is 2.70. The Hall–Kier alpha value is -1.53. The first-order valence-corrected chi connectivity index (χ1v) is 7.05. The number of hydrogen-bond donors (Lipinski definition) is 2. The second-order valence-electron chi connectivity index (χ2n) is 5.24. The van der Waals surface area contributed by atoms with E-state index in [-0.39, 0.29) is 19.8 Å². The van der Waals surface area contributed by atoms with Gasteiger partial charge in [0.2, 0.25) is 0 Å². The highest BCUT2D eigenvalue weighted by Crippen LogP contribution is 2.32. The van der Waals surface area contributed by atoms with Crippen molar-refractivity contribution < 1.29 is 23.4 Å². The molecule has 0 aliphatic heterocycles. The van der Waals surface area contributed by atoms with Gasteiger partial charge in [0.05, 0.1) is 18.8 Å². The lowest BCUT2D eigenvalue weighted by molar-refractivity contribution is -0.0511.